The topological polar surface area (TPSA) is 48.2 Å². The molecule has 0 N–H and O–H groups in total. The predicted octanol–water partition coefficient (Wildman–Crippen LogP) is 2.65. The Morgan fingerprint density at radius 2 is 2.40 bits per heavy atom. The van der Waals surface area contributed by atoms with Gasteiger partial charge >= 0.3 is 0 Å². The molecule has 0 aliphatic carbocycles. The predicted molar refractivity (Wildman–Crippen MR) is 55.5 cm³/mol. The Hall–Kier alpha value is -1.20. The summed E-state index contributed by atoms with van der Waals surface area (Å²) in [5, 5.41) is 12.0. The van der Waals surface area contributed by atoms with Crippen LogP contribution in [-0.4, -0.2) is 16.8 Å². The maximum absolute atomic E-state index is 5.57. The van der Waals surface area contributed by atoms with Gasteiger partial charge < -0.3 is 9.15 Å². The summed E-state index contributed by atoms with van der Waals surface area (Å²) in [5.74, 6) is 1.19. The monoisotopic (exact) mass is 222 g/mol. The van der Waals surface area contributed by atoms with Crippen molar-refractivity contribution in [2.75, 3.05) is 6.61 Å². The normalized spacial score (nSPS) is 20.9. The van der Waals surface area contributed by atoms with Gasteiger partial charge in [-0.15, -0.1) is 10.2 Å². The van der Waals surface area contributed by atoms with Crippen molar-refractivity contribution in [2.24, 2.45) is 0 Å². The van der Waals surface area contributed by atoms with Crippen LogP contribution < -0.4 is 0 Å². The Kier molecular flexibility index (Phi) is 2.26. The molecule has 1 aliphatic rings. The van der Waals surface area contributed by atoms with E-state index in [4.69, 9.17) is 9.15 Å². The third-order valence-corrected chi connectivity index (χ3v) is 3.10. The highest BCUT2D eigenvalue weighted by Crippen LogP contribution is 2.29. The first-order chi connectivity index (χ1) is 7.43. The first-order valence-electron chi connectivity index (χ1n) is 4.91. The molecular weight excluding hydrogens is 212 g/mol. The first-order valence-corrected chi connectivity index (χ1v) is 5.85. The maximum Gasteiger partial charge on any atom is 0.248 e. The summed E-state index contributed by atoms with van der Waals surface area (Å²) in [6, 6.07) is 1.97. The van der Waals surface area contributed by atoms with E-state index in [1.54, 1.807) is 11.3 Å². The molecule has 3 heterocycles. The van der Waals surface area contributed by atoms with Crippen LogP contribution >= 0.6 is 11.3 Å². The summed E-state index contributed by atoms with van der Waals surface area (Å²) in [6.45, 7) is 0.792. The van der Waals surface area contributed by atoms with E-state index in [0.29, 0.717) is 11.8 Å². The molecule has 0 amide bonds. The molecule has 4 nitrogen and oxygen atoms in total. The minimum absolute atomic E-state index is 0.00452. The second-order valence-electron chi connectivity index (χ2n) is 3.46. The molecule has 5 heteroatoms. The van der Waals surface area contributed by atoms with Crippen LogP contribution in [0.25, 0.3) is 11.5 Å². The van der Waals surface area contributed by atoms with Crippen molar-refractivity contribution >= 4 is 11.3 Å². The zero-order valence-electron chi connectivity index (χ0n) is 8.05. The Labute approximate surface area is 90.9 Å². The largest absolute Gasteiger partial charge is 0.418 e. The van der Waals surface area contributed by atoms with Crippen molar-refractivity contribution in [3.05, 3.63) is 22.7 Å². The Morgan fingerprint density at radius 1 is 1.40 bits per heavy atom. The van der Waals surface area contributed by atoms with Crippen LogP contribution in [-0.2, 0) is 4.74 Å². The van der Waals surface area contributed by atoms with Crippen LogP contribution in [0.3, 0.4) is 0 Å². The lowest BCUT2D eigenvalue weighted by molar-refractivity contribution is 0.0896. The van der Waals surface area contributed by atoms with E-state index in [2.05, 4.69) is 10.2 Å². The van der Waals surface area contributed by atoms with Gasteiger partial charge in [0.2, 0.25) is 11.8 Å². The third kappa shape index (κ3) is 1.68. The minimum atomic E-state index is 0.00452. The average Bonchev–Trinajstić information content (AvgIpc) is 3.02. The number of nitrogens with zero attached hydrogens (tertiary/aromatic N) is 2. The van der Waals surface area contributed by atoms with Gasteiger partial charge in [0, 0.05) is 17.6 Å². The van der Waals surface area contributed by atoms with Crippen molar-refractivity contribution in [3.63, 3.8) is 0 Å². The van der Waals surface area contributed by atoms with E-state index in [1.165, 1.54) is 0 Å². The lowest BCUT2D eigenvalue weighted by Crippen LogP contribution is -1.95. The van der Waals surface area contributed by atoms with Crippen molar-refractivity contribution in [3.8, 4) is 11.5 Å². The molecule has 1 aliphatic heterocycles. The fraction of sp³-hybridized carbons (Fsp3) is 0.400. The van der Waals surface area contributed by atoms with E-state index in [1.807, 2.05) is 16.8 Å². The quantitative estimate of drug-likeness (QED) is 0.783. The van der Waals surface area contributed by atoms with E-state index in [-0.39, 0.29) is 6.10 Å². The summed E-state index contributed by atoms with van der Waals surface area (Å²) in [6.07, 6.45) is 2.05. The minimum Gasteiger partial charge on any atom is -0.418 e. The van der Waals surface area contributed by atoms with E-state index in [9.17, 15) is 0 Å². The lowest BCUT2D eigenvalue weighted by Gasteiger charge is -2.00. The molecule has 0 aromatic carbocycles. The highest BCUT2D eigenvalue weighted by molar-refractivity contribution is 7.08. The molecule has 0 bridgehead atoms. The molecule has 1 atom stereocenters. The number of rotatable bonds is 2. The van der Waals surface area contributed by atoms with Crippen molar-refractivity contribution < 1.29 is 9.15 Å². The Morgan fingerprint density at radius 3 is 3.13 bits per heavy atom. The number of hydrogen-bond donors (Lipinski definition) is 0. The maximum atomic E-state index is 5.57. The molecule has 1 saturated heterocycles. The van der Waals surface area contributed by atoms with Crippen molar-refractivity contribution in [2.45, 2.75) is 18.9 Å². The van der Waals surface area contributed by atoms with E-state index >= 15 is 0 Å². The van der Waals surface area contributed by atoms with Gasteiger partial charge in [0.25, 0.3) is 0 Å². The van der Waals surface area contributed by atoms with Crippen LogP contribution in [0.2, 0.25) is 0 Å². The highest BCUT2D eigenvalue weighted by Gasteiger charge is 2.23. The SMILES string of the molecule is c1cc(-c2nnc(C3CCCO3)o2)cs1. The van der Waals surface area contributed by atoms with Gasteiger partial charge in [-0.25, -0.2) is 0 Å². The number of ether oxygens (including phenoxy) is 1. The van der Waals surface area contributed by atoms with Gasteiger partial charge in [-0.2, -0.15) is 11.3 Å². The zero-order chi connectivity index (χ0) is 10.1. The molecule has 1 unspecified atom stereocenters. The van der Waals surface area contributed by atoms with Crippen LogP contribution in [0.1, 0.15) is 24.8 Å². The second-order valence-corrected chi connectivity index (χ2v) is 4.24. The summed E-state index contributed by atoms with van der Waals surface area (Å²) < 4.78 is 11.0. The molecule has 2 aromatic rings. The Balaban J connectivity index is 1.87. The number of aromatic nitrogens is 2. The van der Waals surface area contributed by atoms with Crippen LogP contribution in [0, 0.1) is 0 Å². The van der Waals surface area contributed by atoms with Gasteiger partial charge in [-0.1, -0.05) is 0 Å². The molecule has 2 aromatic heterocycles. The molecule has 0 radical (unpaired) electrons. The first kappa shape index (κ1) is 9.06. The summed E-state index contributed by atoms with van der Waals surface area (Å²) in [5.41, 5.74) is 0.983. The van der Waals surface area contributed by atoms with E-state index in [0.717, 1.165) is 25.0 Å². The third-order valence-electron chi connectivity index (χ3n) is 2.41. The van der Waals surface area contributed by atoms with Gasteiger partial charge in [-0.3, -0.25) is 0 Å². The molecular formula is C10H10N2O2S. The second kappa shape index (κ2) is 3.75. The molecule has 0 spiro atoms. The number of hydrogen-bond acceptors (Lipinski definition) is 5. The van der Waals surface area contributed by atoms with Crippen LogP contribution in [0.5, 0.6) is 0 Å². The smallest absolute Gasteiger partial charge is 0.248 e. The van der Waals surface area contributed by atoms with Crippen LogP contribution in [0.15, 0.2) is 21.2 Å². The zero-order valence-corrected chi connectivity index (χ0v) is 8.87. The van der Waals surface area contributed by atoms with Gasteiger partial charge in [0.05, 0.1) is 0 Å². The molecule has 3 rings (SSSR count). The van der Waals surface area contributed by atoms with Gasteiger partial charge in [0.15, 0.2) is 0 Å². The number of thiophene rings is 1. The summed E-state index contributed by atoms with van der Waals surface area (Å²) >= 11 is 1.62. The molecule has 1 fully saturated rings. The fourth-order valence-corrected chi connectivity index (χ4v) is 2.27. The van der Waals surface area contributed by atoms with Crippen molar-refractivity contribution in [1.29, 1.82) is 0 Å². The fourth-order valence-electron chi connectivity index (χ4n) is 1.64. The lowest BCUT2D eigenvalue weighted by atomic mass is 10.2. The highest BCUT2D eigenvalue weighted by atomic mass is 32.1. The Bertz CT molecular complexity index is 432. The summed E-state index contributed by atoms with van der Waals surface area (Å²) in [4.78, 5) is 0. The molecule has 0 saturated carbocycles. The van der Waals surface area contributed by atoms with E-state index < -0.39 is 0 Å². The molecule has 78 valence electrons. The standard InChI is InChI=1S/C10H10N2O2S/c1-2-8(13-4-1)10-12-11-9(14-10)7-3-5-15-6-7/h3,5-6,8H,1-2,4H2. The molecule has 15 heavy (non-hydrogen) atoms. The van der Waals surface area contributed by atoms with Crippen LogP contribution in [0.4, 0.5) is 0 Å². The summed E-state index contributed by atoms with van der Waals surface area (Å²) in [7, 11) is 0. The van der Waals surface area contributed by atoms with Gasteiger partial charge in [0.1, 0.15) is 6.10 Å². The average molecular weight is 222 g/mol. The van der Waals surface area contributed by atoms with Crippen molar-refractivity contribution in [1.82, 2.24) is 10.2 Å². The van der Waals surface area contributed by atoms with Gasteiger partial charge in [-0.05, 0) is 24.3 Å².